The van der Waals surface area contributed by atoms with Crippen LogP contribution in [0.4, 0.5) is 4.39 Å². The lowest BCUT2D eigenvalue weighted by Crippen LogP contribution is -2.14. The molecule has 0 bridgehead atoms. The largest absolute Gasteiger partial charge is 0.313 e. The van der Waals surface area contributed by atoms with Gasteiger partial charge in [-0.1, -0.05) is 19.1 Å². The van der Waals surface area contributed by atoms with Crippen LogP contribution in [0.15, 0.2) is 42.7 Å². The Kier molecular flexibility index (Phi) is 5.04. The average molecular weight is 258 g/mol. The van der Waals surface area contributed by atoms with Crippen molar-refractivity contribution in [2.75, 3.05) is 6.54 Å². The van der Waals surface area contributed by atoms with E-state index in [1.807, 2.05) is 24.3 Å². The summed E-state index contributed by atoms with van der Waals surface area (Å²) in [6.45, 7) is 3.61. The topological polar surface area (TPSA) is 24.9 Å². The molecule has 2 nitrogen and oxygen atoms in total. The molecule has 0 aliphatic rings. The molecule has 1 aromatic heterocycles. The molecule has 0 saturated heterocycles. The Morgan fingerprint density at radius 3 is 2.58 bits per heavy atom. The Balaban J connectivity index is 2.02. The molecule has 0 radical (unpaired) electrons. The standard InChI is InChI=1S/C16H19FN2/c1-2-7-19-12-15-4-3-14(11-16(15)17)10-13-5-8-18-9-6-13/h3-6,8-9,11,19H,2,7,10,12H2,1H3. The molecular formula is C16H19FN2. The van der Waals surface area contributed by atoms with Gasteiger partial charge in [0.05, 0.1) is 0 Å². The van der Waals surface area contributed by atoms with Crippen LogP contribution in [0.3, 0.4) is 0 Å². The maximum atomic E-state index is 13.9. The fourth-order valence-electron chi connectivity index (χ4n) is 1.98. The first kappa shape index (κ1) is 13.7. The Labute approximate surface area is 113 Å². The van der Waals surface area contributed by atoms with Crippen LogP contribution in [0, 0.1) is 5.82 Å². The second kappa shape index (κ2) is 7.00. The van der Waals surface area contributed by atoms with Gasteiger partial charge in [0.25, 0.3) is 0 Å². The summed E-state index contributed by atoms with van der Waals surface area (Å²) in [6.07, 6.45) is 5.31. The van der Waals surface area contributed by atoms with Crippen LogP contribution in [0.5, 0.6) is 0 Å². The highest BCUT2D eigenvalue weighted by molar-refractivity contribution is 5.29. The first-order chi connectivity index (χ1) is 9.29. The SMILES string of the molecule is CCCNCc1ccc(Cc2ccncc2)cc1F. The molecule has 3 heteroatoms. The fourth-order valence-corrected chi connectivity index (χ4v) is 1.98. The molecule has 0 atom stereocenters. The maximum absolute atomic E-state index is 13.9. The minimum Gasteiger partial charge on any atom is -0.313 e. The summed E-state index contributed by atoms with van der Waals surface area (Å²) in [6, 6.07) is 9.40. The van der Waals surface area contributed by atoms with E-state index in [-0.39, 0.29) is 5.82 Å². The Morgan fingerprint density at radius 1 is 1.11 bits per heavy atom. The highest BCUT2D eigenvalue weighted by Gasteiger charge is 2.04. The van der Waals surface area contributed by atoms with Crippen LogP contribution in [0.1, 0.15) is 30.0 Å². The third kappa shape index (κ3) is 4.14. The van der Waals surface area contributed by atoms with E-state index in [0.717, 1.165) is 36.1 Å². The van der Waals surface area contributed by atoms with Crippen molar-refractivity contribution in [2.45, 2.75) is 26.3 Å². The van der Waals surface area contributed by atoms with Crippen molar-refractivity contribution >= 4 is 0 Å². The third-order valence-electron chi connectivity index (χ3n) is 3.02. The molecule has 1 N–H and O–H groups in total. The lowest BCUT2D eigenvalue weighted by molar-refractivity contribution is 0.585. The zero-order chi connectivity index (χ0) is 13.5. The number of benzene rings is 1. The zero-order valence-corrected chi connectivity index (χ0v) is 11.2. The highest BCUT2D eigenvalue weighted by Crippen LogP contribution is 2.14. The van der Waals surface area contributed by atoms with Gasteiger partial charge in [-0.05, 0) is 48.7 Å². The number of hydrogen-bond donors (Lipinski definition) is 1. The molecule has 0 aliphatic heterocycles. The third-order valence-corrected chi connectivity index (χ3v) is 3.02. The number of halogens is 1. The van der Waals surface area contributed by atoms with Crippen molar-refractivity contribution in [3.05, 3.63) is 65.2 Å². The zero-order valence-electron chi connectivity index (χ0n) is 11.2. The van der Waals surface area contributed by atoms with E-state index in [1.54, 1.807) is 18.5 Å². The molecule has 1 aromatic carbocycles. The monoisotopic (exact) mass is 258 g/mol. The Hall–Kier alpha value is -1.74. The summed E-state index contributed by atoms with van der Waals surface area (Å²) >= 11 is 0. The van der Waals surface area contributed by atoms with E-state index in [1.165, 1.54) is 0 Å². The molecule has 100 valence electrons. The minimum absolute atomic E-state index is 0.129. The van der Waals surface area contributed by atoms with Crippen molar-refractivity contribution in [1.29, 1.82) is 0 Å². The number of rotatable bonds is 6. The molecule has 0 amide bonds. The number of hydrogen-bond acceptors (Lipinski definition) is 2. The molecule has 0 aliphatic carbocycles. The van der Waals surface area contributed by atoms with Crippen molar-refractivity contribution in [2.24, 2.45) is 0 Å². The summed E-state index contributed by atoms with van der Waals surface area (Å²) in [5.41, 5.74) is 2.86. The van der Waals surface area contributed by atoms with E-state index >= 15 is 0 Å². The molecule has 1 heterocycles. The smallest absolute Gasteiger partial charge is 0.127 e. The van der Waals surface area contributed by atoms with Crippen molar-refractivity contribution in [3.8, 4) is 0 Å². The van der Waals surface area contributed by atoms with Gasteiger partial charge in [-0.15, -0.1) is 0 Å². The molecule has 0 saturated carbocycles. The average Bonchev–Trinajstić information content (AvgIpc) is 2.43. The van der Waals surface area contributed by atoms with Crippen LogP contribution < -0.4 is 5.32 Å². The second-order valence-electron chi connectivity index (χ2n) is 4.63. The van der Waals surface area contributed by atoms with Crippen molar-refractivity contribution in [3.63, 3.8) is 0 Å². The molecule has 0 fully saturated rings. The predicted molar refractivity (Wildman–Crippen MR) is 75.4 cm³/mol. The Morgan fingerprint density at radius 2 is 1.89 bits per heavy atom. The van der Waals surface area contributed by atoms with E-state index in [9.17, 15) is 4.39 Å². The lowest BCUT2D eigenvalue weighted by Gasteiger charge is -2.07. The highest BCUT2D eigenvalue weighted by atomic mass is 19.1. The fraction of sp³-hybridized carbons (Fsp3) is 0.312. The van der Waals surface area contributed by atoms with Crippen LogP contribution >= 0.6 is 0 Å². The molecule has 0 unspecified atom stereocenters. The normalized spacial score (nSPS) is 10.6. The first-order valence-electron chi connectivity index (χ1n) is 6.66. The summed E-state index contributed by atoms with van der Waals surface area (Å²) < 4.78 is 13.9. The van der Waals surface area contributed by atoms with Gasteiger partial charge in [-0.25, -0.2) is 4.39 Å². The maximum Gasteiger partial charge on any atom is 0.127 e. The van der Waals surface area contributed by atoms with E-state index < -0.39 is 0 Å². The van der Waals surface area contributed by atoms with Gasteiger partial charge in [-0.2, -0.15) is 0 Å². The number of aromatic nitrogens is 1. The van der Waals surface area contributed by atoms with Gasteiger partial charge in [0.1, 0.15) is 5.82 Å². The van der Waals surface area contributed by atoms with Gasteiger partial charge >= 0.3 is 0 Å². The summed E-state index contributed by atoms with van der Waals surface area (Å²) in [7, 11) is 0. The van der Waals surface area contributed by atoms with Crippen molar-refractivity contribution < 1.29 is 4.39 Å². The second-order valence-corrected chi connectivity index (χ2v) is 4.63. The number of nitrogens with one attached hydrogen (secondary N) is 1. The minimum atomic E-state index is -0.129. The van der Waals surface area contributed by atoms with Crippen LogP contribution in [-0.2, 0) is 13.0 Å². The van der Waals surface area contributed by atoms with E-state index in [0.29, 0.717) is 6.54 Å². The molecule has 2 aromatic rings. The predicted octanol–water partition coefficient (Wildman–Crippen LogP) is 3.31. The summed E-state index contributed by atoms with van der Waals surface area (Å²) in [5, 5.41) is 3.21. The lowest BCUT2D eigenvalue weighted by atomic mass is 10.0. The van der Waals surface area contributed by atoms with Crippen LogP contribution in [-0.4, -0.2) is 11.5 Å². The van der Waals surface area contributed by atoms with Crippen LogP contribution in [0.2, 0.25) is 0 Å². The molecule has 0 spiro atoms. The molecular weight excluding hydrogens is 239 g/mol. The first-order valence-corrected chi connectivity index (χ1v) is 6.66. The van der Waals surface area contributed by atoms with Crippen molar-refractivity contribution in [1.82, 2.24) is 10.3 Å². The van der Waals surface area contributed by atoms with Gasteiger partial charge in [0.2, 0.25) is 0 Å². The van der Waals surface area contributed by atoms with Gasteiger partial charge in [0, 0.05) is 24.5 Å². The molecule has 19 heavy (non-hydrogen) atoms. The number of nitrogens with zero attached hydrogens (tertiary/aromatic N) is 1. The van der Waals surface area contributed by atoms with Crippen LogP contribution in [0.25, 0.3) is 0 Å². The quantitative estimate of drug-likeness (QED) is 0.804. The van der Waals surface area contributed by atoms with E-state index in [4.69, 9.17) is 0 Å². The summed E-state index contributed by atoms with van der Waals surface area (Å²) in [5.74, 6) is -0.129. The summed E-state index contributed by atoms with van der Waals surface area (Å²) in [4.78, 5) is 3.98. The van der Waals surface area contributed by atoms with Gasteiger partial charge < -0.3 is 5.32 Å². The van der Waals surface area contributed by atoms with E-state index in [2.05, 4.69) is 17.2 Å². The Bertz CT molecular complexity index is 511. The molecule has 2 rings (SSSR count). The number of pyridine rings is 1. The van der Waals surface area contributed by atoms with Gasteiger partial charge in [0.15, 0.2) is 0 Å². The van der Waals surface area contributed by atoms with Gasteiger partial charge in [-0.3, -0.25) is 4.98 Å².